The molecule has 0 spiro atoms. The molecular weight excluding hydrogens is 415 g/mol. The number of aliphatic hydroxyl groups excluding tert-OH is 1. The predicted molar refractivity (Wildman–Crippen MR) is 120 cm³/mol. The molecular formula is C23H29FN4O4. The number of ether oxygens (including phenoxy) is 2. The molecule has 0 unspecified atom stereocenters. The van der Waals surface area contributed by atoms with Crippen LogP contribution in [0.5, 0.6) is 5.88 Å². The van der Waals surface area contributed by atoms with E-state index in [0.29, 0.717) is 45.3 Å². The molecule has 2 aliphatic rings. The molecule has 8 nitrogen and oxygen atoms in total. The fourth-order valence-corrected chi connectivity index (χ4v) is 4.07. The normalized spacial score (nSPS) is 16.3. The molecule has 4 rings (SSSR count). The number of pyridine rings is 1. The van der Waals surface area contributed by atoms with Gasteiger partial charge in [-0.2, -0.15) is 0 Å². The van der Waals surface area contributed by atoms with Gasteiger partial charge in [0, 0.05) is 37.9 Å². The zero-order chi connectivity index (χ0) is 22.5. The molecule has 2 amide bonds. The van der Waals surface area contributed by atoms with Crippen LogP contribution in [0.1, 0.15) is 18.4 Å². The van der Waals surface area contributed by atoms with E-state index >= 15 is 0 Å². The van der Waals surface area contributed by atoms with Crippen molar-refractivity contribution in [1.82, 2.24) is 9.88 Å². The number of urea groups is 1. The molecule has 172 valence electrons. The Morgan fingerprint density at radius 2 is 1.97 bits per heavy atom. The maximum Gasteiger partial charge on any atom is 0.321 e. The van der Waals surface area contributed by atoms with Gasteiger partial charge in [-0.05, 0) is 49.1 Å². The van der Waals surface area contributed by atoms with Gasteiger partial charge in [-0.25, -0.2) is 14.2 Å². The molecule has 2 fully saturated rings. The molecule has 0 aliphatic carbocycles. The number of aliphatic hydroxyl groups is 1. The van der Waals surface area contributed by atoms with E-state index in [0.717, 1.165) is 35.2 Å². The molecule has 0 bridgehead atoms. The Morgan fingerprint density at radius 1 is 1.22 bits per heavy atom. The summed E-state index contributed by atoms with van der Waals surface area (Å²) in [6.45, 7) is 5.84. The van der Waals surface area contributed by atoms with Gasteiger partial charge in [0.2, 0.25) is 5.88 Å². The second-order valence-corrected chi connectivity index (χ2v) is 7.99. The van der Waals surface area contributed by atoms with Gasteiger partial charge in [0.1, 0.15) is 18.1 Å². The third-order valence-corrected chi connectivity index (χ3v) is 5.77. The Morgan fingerprint density at radius 3 is 2.69 bits per heavy atom. The van der Waals surface area contributed by atoms with Crippen molar-refractivity contribution in [1.29, 1.82) is 0 Å². The lowest BCUT2D eigenvalue weighted by Gasteiger charge is -2.30. The van der Waals surface area contributed by atoms with Crippen LogP contribution in [-0.4, -0.2) is 73.6 Å². The highest BCUT2D eigenvalue weighted by Crippen LogP contribution is 2.35. The minimum atomic E-state index is -0.469. The Kier molecular flexibility index (Phi) is 7.06. The number of rotatable bonds is 6. The van der Waals surface area contributed by atoms with Crippen molar-refractivity contribution in [3.63, 3.8) is 0 Å². The summed E-state index contributed by atoms with van der Waals surface area (Å²) in [5, 5.41) is 11.9. The number of halogens is 1. The molecule has 2 aliphatic heterocycles. The number of anilines is 2. The van der Waals surface area contributed by atoms with Gasteiger partial charge in [-0.1, -0.05) is 0 Å². The zero-order valence-electron chi connectivity index (χ0n) is 18.3. The van der Waals surface area contributed by atoms with Crippen LogP contribution in [-0.2, 0) is 4.74 Å². The van der Waals surface area contributed by atoms with Crippen LogP contribution in [0, 0.1) is 12.7 Å². The Labute approximate surface area is 186 Å². The monoisotopic (exact) mass is 444 g/mol. The summed E-state index contributed by atoms with van der Waals surface area (Å²) in [4.78, 5) is 20.8. The van der Waals surface area contributed by atoms with Gasteiger partial charge in [0.15, 0.2) is 0 Å². The fourth-order valence-electron chi connectivity index (χ4n) is 4.07. The number of nitrogens with one attached hydrogen (secondary N) is 1. The van der Waals surface area contributed by atoms with Crippen LogP contribution in [0.25, 0.3) is 11.1 Å². The first kappa shape index (κ1) is 22.3. The van der Waals surface area contributed by atoms with E-state index in [1.807, 2.05) is 13.0 Å². The molecule has 1 aromatic heterocycles. The van der Waals surface area contributed by atoms with E-state index in [1.165, 1.54) is 6.07 Å². The van der Waals surface area contributed by atoms with Crippen LogP contribution in [0.4, 0.5) is 20.6 Å². The minimum absolute atomic E-state index is 0.108. The molecule has 3 heterocycles. The van der Waals surface area contributed by atoms with Crippen LogP contribution in [0.15, 0.2) is 24.4 Å². The average molecular weight is 445 g/mol. The topological polar surface area (TPSA) is 87.2 Å². The molecule has 2 N–H and O–H groups in total. The van der Waals surface area contributed by atoms with Crippen LogP contribution in [0.2, 0.25) is 0 Å². The number of hydrogen-bond donors (Lipinski definition) is 2. The SMILES string of the molecule is Cc1cc(F)c(NC(=O)N2CCCC2)cc1-c1cnc(OCCO)c(N2CCOCC2)c1. The first-order valence-electron chi connectivity index (χ1n) is 11.0. The largest absolute Gasteiger partial charge is 0.474 e. The van der Waals surface area contributed by atoms with Crippen molar-refractivity contribution in [3.8, 4) is 17.0 Å². The first-order chi connectivity index (χ1) is 15.6. The number of aromatic nitrogens is 1. The highest BCUT2D eigenvalue weighted by Gasteiger charge is 2.21. The highest BCUT2D eigenvalue weighted by molar-refractivity contribution is 5.91. The van der Waals surface area contributed by atoms with Crippen LogP contribution >= 0.6 is 0 Å². The van der Waals surface area contributed by atoms with Gasteiger partial charge in [0.05, 0.1) is 25.5 Å². The van der Waals surface area contributed by atoms with Gasteiger partial charge in [0.25, 0.3) is 0 Å². The number of aryl methyl sites for hydroxylation is 1. The van der Waals surface area contributed by atoms with E-state index in [4.69, 9.17) is 14.6 Å². The molecule has 32 heavy (non-hydrogen) atoms. The van der Waals surface area contributed by atoms with Crippen molar-refractivity contribution in [3.05, 3.63) is 35.8 Å². The number of likely N-dealkylation sites (tertiary alicyclic amines) is 1. The third kappa shape index (κ3) is 4.94. The third-order valence-electron chi connectivity index (χ3n) is 5.77. The molecule has 0 saturated carbocycles. The Hall–Kier alpha value is -2.91. The molecule has 1 aromatic carbocycles. The van der Waals surface area contributed by atoms with Crippen molar-refractivity contribution < 1.29 is 23.8 Å². The van der Waals surface area contributed by atoms with E-state index in [-0.39, 0.29) is 24.9 Å². The molecule has 2 saturated heterocycles. The zero-order valence-corrected chi connectivity index (χ0v) is 18.3. The summed E-state index contributed by atoms with van der Waals surface area (Å²) >= 11 is 0. The maximum absolute atomic E-state index is 14.7. The van der Waals surface area contributed by atoms with Crippen LogP contribution in [0.3, 0.4) is 0 Å². The summed E-state index contributed by atoms with van der Waals surface area (Å²) in [7, 11) is 0. The van der Waals surface area contributed by atoms with Crippen molar-refractivity contribution >= 4 is 17.4 Å². The van der Waals surface area contributed by atoms with Crippen molar-refractivity contribution in [2.45, 2.75) is 19.8 Å². The fraction of sp³-hybridized carbons (Fsp3) is 0.478. The van der Waals surface area contributed by atoms with Crippen LogP contribution < -0.4 is 15.0 Å². The number of carbonyl (C=O) groups is 1. The maximum atomic E-state index is 14.7. The average Bonchev–Trinajstić information content (AvgIpc) is 3.35. The minimum Gasteiger partial charge on any atom is -0.474 e. The molecule has 2 aromatic rings. The summed E-state index contributed by atoms with van der Waals surface area (Å²) in [5.74, 6) is -0.0323. The Bertz CT molecular complexity index is 959. The highest BCUT2D eigenvalue weighted by atomic mass is 19.1. The lowest BCUT2D eigenvalue weighted by Crippen LogP contribution is -2.36. The van der Waals surface area contributed by atoms with E-state index in [1.54, 1.807) is 17.2 Å². The van der Waals surface area contributed by atoms with E-state index < -0.39 is 5.82 Å². The van der Waals surface area contributed by atoms with Gasteiger partial charge in [-0.15, -0.1) is 0 Å². The van der Waals surface area contributed by atoms with Crippen molar-refractivity contribution in [2.24, 2.45) is 0 Å². The van der Waals surface area contributed by atoms with Gasteiger partial charge >= 0.3 is 6.03 Å². The smallest absolute Gasteiger partial charge is 0.321 e. The van der Waals surface area contributed by atoms with Gasteiger partial charge in [-0.3, -0.25) is 0 Å². The number of amides is 2. The standard InChI is InChI=1S/C23H29FN4O4/c1-16-12-19(24)20(26-23(30)28-4-2-3-5-28)14-18(16)17-13-21(27-6-9-31-10-7-27)22(25-15-17)32-11-8-29/h12-15,29H,2-11H2,1H3,(H,26,30). The first-order valence-corrected chi connectivity index (χ1v) is 11.0. The Balaban J connectivity index is 1.66. The molecule has 0 atom stereocenters. The predicted octanol–water partition coefficient (Wildman–Crippen LogP) is 3.03. The second-order valence-electron chi connectivity index (χ2n) is 7.99. The summed E-state index contributed by atoms with van der Waals surface area (Å²) in [6, 6.07) is 4.76. The number of hydrogen-bond acceptors (Lipinski definition) is 6. The number of carbonyl (C=O) groups excluding carboxylic acids is 1. The number of morpholine rings is 1. The van der Waals surface area contributed by atoms with E-state index in [2.05, 4.69) is 15.2 Å². The van der Waals surface area contributed by atoms with Crippen molar-refractivity contribution in [2.75, 3.05) is 62.8 Å². The van der Waals surface area contributed by atoms with Gasteiger partial charge < -0.3 is 29.7 Å². The summed E-state index contributed by atoms with van der Waals surface area (Å²) < 4.78 is 25.8. The quantitative estimate of drug-likeness (QED) is 0.712. The second kappa shape index (κ2) is 10.1. The lowest BCUT2D eigenvalue weighted by atomic mass is 10.00. The molecule has 0 radical (unpaired) electrons. The lowest BCUT2D eigenvalue weighted by molar-refractivity contribution is 0.122. The summed E-state index contributed by atoms with van der Waals surface area (Å²) in [5.41, 5.74) is 3.25. The molecule has 9 heteroatoms. The summed E-state index contributed by atoms with van der Waals surface area (Å²) in [6.07, 6.45) is 3.61. The number of benzene rings is 1. The number of nitrogens with zero attached hydrogens (tertiary/aromatic N) is 3. The van der Waals surface area contributed by atoms with E-state index in [9.17, 15) is 9.18 Å².